The number of sulfonamides is 1. The maximum atomic E-state index is 12.7. The van der Waals surface area contributed by atoms with Crippen LogP contribution in [0.15, 0.2) is 52.5 Å². The number of pyridine rings is 1. The zero-order chi connectivity index (χ0) is 21.7. The van der Waals surface area contributed by atoms with Crippen LogP contribution in [-0.4, -0.2) is 42.0 Å². The van der Waals surface area contributed by atoms with E-state index < -0.39 is 10.0 Å². The van der Waals surface area contributed by atoms with Gasteiger partial charge in [-0.2, -0.15) is 4.31 Å². The van der Waals surface area contributed by atoms with Gasteiger partial charge in [-0.1, -0.05) is 50.2 Å². The van der Waals surface area contributed by atoms with Crippen LogP contribution in [0.5, 0.6) is 0 Å². The molecule has 1 atom stereocenters. The van der Waals surface area contributed by atoms with Gasteiger partial charge < -0.3 is 5.32 Å². The summed E-state index contributed by atoms with van der Waals surface area (Å²) in [5.41, 5.74) is 1.91. The fraction of sp³-hybridized carbons (Fsp3) is 0.455. The van der Waals surface area contributed by atoms with Crippen molar-refractivity contribution in [2.24, 2.45) is 0 Å². The number of carbonyl (C=O) groups excluding carboxylic acids is 1. The minimum Gasteiger partial charge on any atom is -0.325 e. The van der Waals surface area contributed by atoms with Crippen molar-refractivity contribution in [3.63, 3.8) is 0 Å². The average molecular weight is 448 g/mol. The first-order chi connectivity index (χ1) is 14.3. The number of nitrogens with one attached hydrogen (secondary N) is 1. The minimum atomic E-state index is -3.49. The van der Waals surface area contributed by atoms with E-state index >= 15 is 0 Å². The zero-order valence-corrected chi connectivity index (χ0v) is 19.3. The molecule has 1 fully saturated rings. The summed E-state index contributed by atoms with van der Waals surface area (Å²) in [5, 5.41) is 3.25. The fourth-order valence-corrected chi connectivity index (χ4v) is 5.68. The lowest BCUT2D eigenvalue weighted by atomic mass is 10.0. The standard InChI is InChI=1S/C22H29N3O3S2/c1-16(2)19-9-5-6-10-20(19)24-22(26)17(3)29-21-12-11-18(15-23-21)30(27,28)25-13-7-4-8-14-25/h5-6,9-12,15-17H,4,7-8,13-14H2,1-3H3,(H,24,26). The zero-order valence-electron chi connectivity index (χ0n) is 17.7. The second-order valence-corrected chi connectivity index (χ2v) is 11.1. The Morgan fingerprint density at radius 1 is 1.07 bits per heavy atom. The van der Waals surface area contributed by atoms with E-state index in [9.17, 15) is 13.2 Å². The van der Waals surface area contributed by atoms with Crippen LogP contribution in [0.4, 0.5) is 5.69 Å². The van der Waals surface area contributed by atoms with Crippen molar-refractivity contribution in [1.29, 1.82) is 0 Å². The molecule has 1 N–H and O–H groups in total. The van der Waals surface area contributed by atoms with E-state index in [1.165, 1.54) is 22.3 Å². The number of carbonyl (C=O) groups is 1. The van der Waals surface area contributed by atoms with Crippen molar-refractivity contribution in [3.8, 4) is 0 Å². The van der Waals surface area contributed by atoms with E-state index in [1.807, 2.05) is 31.2 Å². The van der Waals surface area contributed by atoms with Crippen LogP contribution in [-0.2, 0) is 14.8 Å². The number of aromatic nitrogens is 1. The predicted octanol–water partition coefficient (Wildman–Crippen LogP) is 4.50. The molecule has 6 nitrogen and oxygen atoms in total. The lowest BCUT2D eigenvalue weighted by Crippen LogP contribution is -2.35. The largest absolute Gasteiger partial charge is 0.325 e. The van der Waals surface area contributed by atoms with E-state index in [0.29, 0.717) is 24.0 Å². The van der Waals surface area contributed by atoms with Crippen molar-refractivity contribution in [2.75, 3.05) is 18.4 Å². The van der Waals surface area contributed by atoms with Crippen LogP contribution in [0, 0.1) is 0 Å². The van der Waals surface area contributed by atoms with Crippen molar-refractivity contribution in [3.05, 3.63) is 48.2 Å². The summed E-state index contributed by atoms with van der Waals surface area (Å²) in [6, 6.07) is 11.0. The SMILES string of the molecule is CC(Sc1ccc(S(=O)(=O)N2CCCCC2)cn1)C(=O)Nc1ccccc1C(C)C. The Morgan fingerprint density at radius 3 is 2.40 bits per heavy atom. The number of thioether (sulfide) groups is 1. The highest BCUT2D eigenvalue weighted by Crippen LogP contribution is 2.27. The number of hydrogen-bond donors (Lipinski definition) is 1. The monoisotopic (exact) mass is 447 g/mol. The van der Waals surface area contributed by atoms with Gasteiger partial charge in [-0.15, -0.1) is 0 Å². The number of hydrogen-bond acceptors (Lipinski definition) is 5. The van der Waals surface area contributed by atoms with Crippen LogP contribution in [0.2, 0.25) is 0 Å². The molecule has 1 aliphatic rings. The Balaban J connectivity index is 1.64. The summed E-state index contributed by atoms with van der Waals surface area (Å²) in [5.74, 6) is 0.195. The van der Waals surface area contributed by atoms with Crippen LogP contribution in [0.25, 0.3) is 0 Å². The lowest BCUT2D eigenvalue weighted by molar-refractivity contribution is -0.115. The Labute approximate surface area is 183 Å². The third-order valence-electron chi connectivity index (χ3n) is 5.17. The summed E-state index contributed by atoms with van der Waals surface area (Å²) in [6.07, 6.45) is 4.26. The number of rotatable bonds is 7. The summed E-state index contributed by atoms with van der Waals surface area (Å²) >= 11 is 1.31. The quantitative estimate of drug-likeness (QED) is 0.632. The maximum absolute atomic E-state index is 12.7. The molecule has 162 valence electrons. The predicted molar refractivity (Wildman–Crippen MR) is 121 cm³/mol. The van der Waals surface area contributed by atoms with Crippen LogP contribution in [0.1, 0.15) is 51.5 Å². The molecule has 2 heterocycles. The van der Waals surface area contributed by atoms with E-state index in [2.05, 4.69) is 24.1 Å². The number of anilines is 1. The highest BCUT2D eigenvalue weighted by molar-refractivity contribution is 8.00. The minimum absolute atomic E-state index is 0.111. The normalized spacial score (nSPS) is 16.4. The maximum Gasteiger partial charge on any atom is 0.244 e. The summed E-state index contributed by atoms with van der Waals surface area (Å²) in [7, 11) is -3.49. The van der Waals surface area contributed by atoms with E-state index in [4.69, 9.17) is 0 Å². The number of piperidine rings is 1. The van der Waals surface area contributed by atoms with Gasteiger partial charge in [-0.3, -0.25) is 4.79 Å². The van der Waals surface area contributed by atoms with Crippen molar-refractivity contribution in [1.82, 2.24) is 9.29 Å². The topological polar surface area (TPSA) is 79.4 Å². The molecule has 1 aromatic heterocycles. The third-order valence-corrected chi connectivity index (χ3v) is 8.10. The van der Waals surface area contributed by atoms with Crippen molar-refractivity contribution in [2.45, 2.75) is 61.1 Å². The molecule has 1 unspecified atom stereocenters. The molecule has 3 rings (SSSR count). The number of amides is 1. The Morgan fingerprint density at radius 2 is 1.77 bits per heavy atom. The van der Waals surface area contributed by atoms with Crippen molar-refractivity contribution >= 4 is 33.4 Å². The van der Waals surface area contributed by atoms with Gasteiger partial charge in [-0.05, 0) is 49.4 Å². The molecular weight excluding hydrogens is 418 g/mol. The Kier molecular flexibility index (Phi) is 7.55. The molecule has 2 aromatic rings. The molecular formula is C22H29N3O3S2. The highest BCUT2D eigenvalue weighted by atomic mass is 32.2. The van der Waals surface area contributed by atoms with E-state index in [0.717, 1.165) is 30.5 Å². The first-order valence-corrected chi connectivity index (χ1v) is 12.6. The Hall–Kier alpha value is -1.90. The van der Waals surface area contributed by atoms with Gasteiger partial charge >= 0.3 is 0 Å². The molecule has 30 heavy (non-hydrogen) atoms. The molecule has 0 radical (unpaired) electrons. The van der Waals surface area contributed by atoms with E-state index in [1.54, 1.807) is 12.1 Å². The molecule has 1 aromatic carbocycles. The first kappa shape index (κ1) is 22.8. The van der Waals surface area contributed by atoms with Crippen molar-refractivity contribution < 1.29 is 13.2 Å². The lowest BCUT2D eigenvalue weighted by Gasteiger charge is -2.25. The van der Waals surface area contributed by atoms with Gasteiger partial charge in [0.15, 0.2) is 0 Å². The summed E-state index contributed by atoms with van der Waals surface area (Å²) < 4.78 is 27.0. The summed E-state index contributed by atoms with van der Waals surface area (Å²) in [6.45, 7) is 7.12. The van der Waals surface area contributed by atoms with Gasteiger partial charge in [0.25, 0.3) is 0 Å². The molecule has 8 heteroatoms. The fourth-order valence-electron chi connectivity index (χ4n) is 3.43. The van der Waals surface area contributed by atoms with Crippen LogP contribution in [0.3, 0.4) is 0 Å². The second-order valence-electron chi connectivity index (χ2n) is 7.79. The molecule has 1 amide bonds. The molecule has 1 aliphatic heterocycles. The molecule has 0 aliphatic carbocycles. The number of benzene rings is 1. The number of nitrogens with zero attached hydrogens (tertiary/aromatic N) is 2. The van der Waals surface area contributed by atoms with Gasteiger partial charge in [-0.25, -0.2) is 13.4 Å². The van der Waals surface area contributed by atoms with Crippen LogP contribution < -0.4 is 5.32 Å². The average Bonchev–Trinajstić information content (AvgIpc) is 2.75. The van der Waals surface area contributed by atoms with E-state index in [-0.39, 0.29) is 16.1 Å². The first-order valence-electron chi connectivity index (χ1n) is 10.3. The van der Waals surface area contributed by atoms with Gasteiger partial charge in [0.2, 0.25) is 15.9 Å². The highest BCUT2D eigenvalue weighted by Gasteiger charge is 2.26. The molecule has 0 spiro atoms. The van der Waals surface area contributed by atoms with Crippen LogP contribution >= 0.6 is 11.8 Å². The smallest absolute Gasteiger partial charge is 0.244 e. The molecule has 0 bridgehead atoms. The van der Waals surface area contributed by atoms with Gasteiger partial charge in [0.05, 0.1) is 10.3 Å². The van der Waals surface area contributed by atoms with Gasteiger partial charge in [0, 0.05) is 25.0 Å². The second kappa shape index (κ2) is 9.94. The summed E-state index contributed by atoms with van der Waals surface area (Å²) in [4.78, 5) is 17.2. The Bertz CT molecular complexity index is 969. The van der Waals surface area contributed by atoms with Gasteiger partial charge in [0.1, 0.15) is 4.90 Å². The molecule has 1 saturated heterocycles. The third kappa shape index (κ3) is 5.42. The number of para-hydroxylation sites is 1. The molecule has 0 saturated carbocycles.